The molecule has 1 aromatic rings. The molecule has 0 aliphatic carbocycles. The Hall–Kier alpha value is -1.35. The molecule has 0 bridgehead atoms. The number of amides is 1. The summed E-state index contributed by atoms with van der Waals surface area (Å²) in [5.41, 5.74) is 6.76. The maximum atomic E-state index is 12.3. The molecule has 3 N–H and O–H groups in total. The second kappa shape index (κ2) is 8.05. The van der Waals surface area contributed by atoms with Crippen LogP contribution < -0.4 is 11.1 Å². The molecule has 1 unspecified atom stereocenters. The Kier molecular flexibility index (Phi) is 6.73. The first-order valence-electron chi connectivity index (χ1n) is 7.50. The number of carbonyl (C=O) groups excluding carboxylic acids is 1. The van der Waals surface area contributed by atoms with Crippen LogP contribution in [-0.4, -0.2) is 19.0 Å². The number of nitrogens with two attached hydrogens (primary N) is 1. The Morgan fingerprint density at radius 2 is 1.65 bits per heavy atom. The summed E-state index contributed by atoms with van der Waals surface area (Å²) in [6, 6.07) is 9.74. The van der Waals surface area contributed by atoms with E-state index in [0.29, 0.717) is 24.3 Å². The van der Waals surface area contributed by atoms with Gasteiger partial charge in [0.05, 0.1) is 5.92 Å². The molecule has 0 aliphatic rings. The number of benzene rings is 1. The fourth-order valence-corrected chi connectivity index (χ4v) is 2.66. The van der Waals surface area contributed by atoms with Crippen LogP contribution in [0.15, 0.2) is 30.3 Å². The summed E-state index contributed by atoms with van der Waals surface area (Å²) in [4.78, 5) is 12.3. The van der Waals surface area contributed by atoms with E-state index in [4.69, 9.17) is 5.73 Å². The summed E-state index contributed by atoms with van der Waals surface area (Å²) in [6.07, 6.45) is 0. The van der Waals surface area contributed by atoms with E-state index in [0.717, 1.165) is 12.1 Å². The van der Waals surface area contributed by atoms with E-state index in [1.54, 1.807) is 0 Å². The highest BCUT2D eigenvalue weighted by Crippen LogP contribution is 2.20. The van der Waals surface area contributed by atoms with Gasteiger partial charge in [-0.25, -0.2) is 0 Å². The first-order valence-corrected chi connectivity index (χ1v) is 7.50. The molecule has 1 rings (SSSR count). The van der Waals surface area contributed by atoms with Crippen LogP contribution in [0.5, 0.6) is 0 Å². The number of rotatable bonds is 7. The SMILES string of the molecule is CC(C)C(CNC(=O)C(CN)c1ccccc1)C(C)C. The molecule has 0 aromatic heterocycles. The van der Waals surface area contributed by atoms with Crippen LogP contribution in [0, 0.1) is 17.8 Å². The zero-order valence-electron chi connectivity index (χ0n) is 13.1. The lowest BCUT2D eigenvalue weighted by Gasteiger charge is -2.26. The maximum Gasteiger partial charge on any atom is 0.228 e. The minimum Gasteiger partial charge on any atom is -0.355 e. The predicted octanol–water partition coefficient (Wildman–Crippen LogP) is 2.77. The average molecular weight is 276 g/mol. The van der Waals surface area contributed by atoms with Crippen molar-refractivity contribution in [1.29, 1.82) is 0 Å². The van der Waals surface area contributed by atoms with Gasteiger partial charge in [-0.1, -0.05) is 58.0 Å². The fraction of sp³-hybridized carbons (Fsp3) is 0.588. The second-order valence-electron chi connectivity index (χ2n) is 6.10. The van der Waals surface area contributed by atoms with E-state index in [2.05, 4.69) is 33.0 Å². The lowest BCUT2D eigenvalue weighted by atomic mass is 9.85. The van der Waals surface area contributed by atoms with Gasteiger partial charge in [-0.05, 0) is 23.3 Å². The molecule has 0 radical (unpaired) electrons. The van der Waals surface area contributed by atoms with Crippen LogP contribution in [0.2, 0.25) is 0 Å². The topological polar surface area (TPSA) is 55.1 Å². The molecule has 112 valence electrons. The summed E-state index contributed by atoms with van der Waals surface area (Å²) in [7, 11) is 0. The molecule has 0 saturated heterocycles. The molecule has 1 atom stereocenters. The Balaban J connectivity index is 2.65. The molecule has 0 heterocycles. The highest BCUT2D eigenvalue weighted by atomic mass is 16.1. The van der Waals surface area contributed by atoms with Crippen LogP contribution in [0.25, 0.3) is 0 Å². The van der Waals surface area contributed by atoms with Gasteiger partial charge in [0.2, 0.25) is 5.91 Å². The van der Waals surface area contributed by atoms with Crippen molar-refractivity contribution in [2.24, 2.45) is 23.5 Å². The maximum absolute atomic E-state index is 12.3. The van der Waals surface area contributed by atoms with Gasteiger partial charge >= 0.3 is 0 Å². The third-order valence-corrected chi connectivity index (χ3v) is 3.98. The normalized spacial score (nSPS) is 13.0. The first kappa shape index (κ1) is 16.7. The fourth-order valence-electron chi connectivity index (χ4n) is 2.66. The molecule has 1 amide bonds. The van der Waals surface area contributed by atoms with Crippen molar-refractivity contribution in [3.8, 4) is 0 Å². The molecular formula is C17H28N2O. The Bertz CT molecular complexity index is 393. The Morgan fingerprint density at radius 3 is 2.10 bits per heavy atom. The van der Waals surface area contributed by atoms with E-state index in [9.17, 15) is 4.79 Å². The van der Waals surface area contributed by atoms with Gasteiger partial charge in [-0.15, -0.1) is 0 Å². The Labute approximate surface area is 122 Å². The molecule has 3 nitrogen and oxygen atoms in total. The van der Waals surface area contributed by atoms with Crippen molar-refractivity contribution in [2.75, 3.05) is 13.1 Å². The second-order valence-corrected chi connectivity index (χ2v) is 6.10. The van der Waals surface area contributed by atoms with Gasteiger partial charge < -0.3 is 11.1 Å². The van der Waals surface area contributed by atoms with E-state index < -0.39 is 0 Å². The zero-order chi connectivity index (χ0) is 15.1. The summed E-state index contributed by atoms with van der Waals surface area (Å²) < 4.78 is 0. The molecule has 0 saturated carbocycles. The van der Waals surface area contributed by atoms with Crippen molar-refractivity contribution < 1.29 is 4.79 Å². The molecule has 0 aliphatic heterocycles. The van der Waals surface area contributed by atoms with Crippen molar-refractivity contribution in [3.05, 3.63) is 35.9 Å². The lowest BCUT2D eigenvalue weighted by molar-refractivity contribution is -0.122. The third-order valence-electron chi connectivity index (χ3n) is 3.98. The zero-order valence-corrected chi connectivity index (χ0v) is 13.1. The largest absolute Gasteiger partial charge is 0.355 e. The number of hydrogen-bond donors (Lipinski definition) is 2. The summed E-state index contributed by atoms with van der Waals surface area (Å²) in [5.74, 6) is 1.39. The monoisotopic (exact) mass is 276 g/mol. The minimum absolute atomic E-state index is 0.0324. The minimum atomic E-state index is -0.254. The van der Waals surface area contributed by atoms with E-state index in [-0.39, 0.29) is 11.8 Å². The molecule has 3 heteroatoms. The highest BCUT2D eigenvalue weighted by Gasteiger charge is 2.22. The first-order chi connectivity index (χ1) is 9.47. The van der Waals surface area contributed by atoms with Crippen LogP contribution in [-0.2, 0) is 4.79 Å². The van der Waals surface area contributed by atoms with Crippen LogP contribution in [0.4, 0.5) is 0 Å². The molecule has 0 spiro atoms. The molecule has 0 fully saturated rings. The van der Waals surface area contributed by atoms with Crippen molar-refractivity contribution >= 4 is 5.91 Å². The third kappa shape index (κ3) is 4.64. The average Bonchev–Trinajstić information content (AvgIpc) is 2.40. The van der Waals surface area contributed by atoms with Gasteiger partial charge in [0, 0.05) is 13.1 Å². The highest BCUT2D eigenvalue weighted by molar-refractivity contribution is 5.83. The van der Waals surface area contributed by atoms with Crippen molar-refractivity contribution in [3.63, 3.8) is 0 Å². The number of carbonyl (C=O) groups is 1. The Morgan fingerprint density at radius 1 is 1.10 bits per heavy atom. The standard InChI is InChI=1S/C17H28N2O/c1-12(2)16(13(3)4)11-19-17(20)15(10-18)14-8-6-5-7-9-14/h5-9,12-13,15-16H,10-11,18H2,1-4H3,(H,19,20). The lowest BCUT2D eigenvalue weighted by Crippen LogP contribution is -2.38. The quantitative estimate of drug-likeness (QED) is 0.804. The summed E-state index contributed by atoms with van der Waals surface area (Å²) in [6.45, 7) is 9.87. The van der Waals surface area contributed by atoms with Crippen LogP contribution in [0.1, 0.15) is 39.2 Å². The molecular weight excluding hydrogens is 248 g/mol. The van der Waals surface area contributed by atoms with Crippen LogP contribution in [0.3, 0.4) is 0 Å². The predicted molar refractivity (Wildman–Crippen MR) is 84.4 cm³/mol. The molecule has 1 aromatic carbocycles. The van der Waals surface area contributed by atoms with Gasteiger partial charge in [0.25, 0.3) is 0 Å². The number of nitrogens with one attached hydrogen (secondary N) is 1. The van der Waals surface area contributed by atoms with Gasteiger partial charge in [0.1, 0.15) is 0 Å². The van der Waals surface area contributed by atoms with Crippen molar-refractivity contribution in [2.45, 2.75) is 33.6 Å². The summed E-state index contributed by atoms with van der Waals surface area (Å²) >= 11 is 0. The van der Waals surface area contributed by atoms with E-state index in [1.807, 2.05) is 30.3 Å². The van der Waals surface area contributed by atoms with Gasteiger partial charge in [0.15, 0.2) is 0 Å². The van der Waals surface area contributed by atoms with Crippen molar-refractivity contribution in [1.82, 2.24) is 5.32 Å². The van der Waals surface area contributed by atoms with E-state index in [1.165, 1.54) is 0 Å². The number of hydrogen-bond acceptors (Lipinski definition) is 2. The van der Waals surface area contributed by atoms with Gasteiger partial charge in [-0.3, -0.25) is 4.79 Å². The van der Waals surface area contributed by atoms with E-state index >= 15 is 0 Å². The summed E-state index contributed by atoms with van der Waals surface area (Å²) in [5, 5.41) is 3.08. The smallest absolute Gasteiger partial charge is 0.228 e. The van der Waals surface area contributed by atoms with Crippen LogP contribution >= 0.6 is 0 Å². The van der Waals surface area contributed by atoms with Gasteiger partial charge in [-0.2, -0.15) is 0 Å². The molecule has 20 heavy (non-hydrogen) atoms.